The normalized spacial score (nSPS) is 22.0. The third-order valence-electron chi connectivity index (χ3n) is 7.01. The van der Waals surface area contributed by atoms with Crippen molar-refractivity contribution in [2.45, 2.75) is 79.3 Å². The highest BCUT2D eigenvalue weighted by atomic mass is 32.2. The number of hydrogen-bond acceptors (Lipinski definition) is 4. The van der Waals surface area contributed by atoms with Crippen molar-refractivity contribution in [2.24, 2.45) is 0 Å². The van der Waals surface area contributed by atoms with Crippen LogP contribution >= 0.6 is 0 Å². The van der Waals surface area contributed by atoms with E-state index in [9.17, 15) is 36.2 Å². The molecule has 2 fully saturated rings. The van der Waals surface area contributed by atoms with Gasteiger partial charge in [0.2, 0.25) is 5.91 Å². The van der Waals surface area contributed by atoms with Crippen molar-refractivity contribution < 1.29 is 31.0 Å². The Morgan fingerprint density at radius 1 is 1.03 bits per heavy atom. The molecule has 204 valence electrons. The zero-order valence-electron chi connectivity index (χ0n) is 21.1. The number of para-hydroxylation sites is 1. The van der Waals surface area contributed by atoms with Crippen molar-refractivity contribution in [3.8, 4) is 6.07 Å². The molecule has 1 saturated carbocycles. The van der Waals surface area contributed by atoms with E-state index in [1.165, 1.54) is 6.07 Å². The summed E-state index contributed by atoms with van der Waals surface area (Å²) in [5, 5.41) is 11.3. The number of benzene rings is 2. The molecule has 3 unspecified atom stereocenters. The number of nitriles is 1. The molecule has 1 heterocycles. The molecule has 1 N–H and O–H groups in total. The fraction of sp³-hybridized carbons (Fsp3) is 0.481. The van der Waals surface area contributed by atoms with Crippen LogP contribution in [0, 0.1) is 11.3 Å². The number of alkyl halides is 5. The Kier molecular flexibility index (Phi) is 7.10. The lowest BCUT2D eigenvalue weighted by atomic mass is 9.85. The van der Waals surface area contributed by atoms with E-state index in [2.05, 4.69) is 11.4 Å². The van der Waals surface area contributed by atoms with Gasteiger partial charge in [-0.05, 0) is 42.4 Å². The summed E-state index contributed by atoms with van der Waals surface area (Å²) in [4.78, 5) is 14.5. The molecule has 0 aromatic heterocycles. The summed E-state index contributed by atoms with van der Waals surface area (Å²) in [7, 11) is -2.29. The Balaban J connectivity index is 1.73. The van der Waals surface area contributed by atoms with Gasteiger partial charge in [-0.25, -0.2) is 0 Å². The predicted octanol–water partition coefficient (Wildman–Crippen LogP) is 5.57. The first kappa shape index (κ1) is 28.0. The molecule has 3 atom stereocenters. The fourth-order valence-corrected chi connectivity index (χ4v) is 6.41. The summed E-state index contributed by atoms with van der Waals surface area (Å²) >= 11 is 0. The molecule has 1 amide bonds. The number of rotatable bonds is 6. The number of carbonyl (C=O) groups is 1. The third-order valence-corrected chi connectivity index (χ3v) is 8.75. The van der Waals surface area contributed by atoms with Crippen molar-refractivity contribution in [2.75, 3.05) is 11.4 Å². The number of nitrogens with zero attached hydrogens (tertiary/aromatic N) is 2. The Morgan fingerprint density at radius 3 is 2.16 bits per heavy atom. The molecule has 1 saturated heterocycles. The van der Waals surface area contributed by atoms with Crippen molar-refractivity contribution in [1.82, 2.24) is 5.32 Å². The number of anilines is 1. The van der Waals surface area contributed by atoms with Gasteiger partial charge in [0.1, 0.15) is 11.6 Å². The molecule has 1 aliphatic heterocycles. The second-order valence-electron chi connectivity index (χ2n) is 10.8. The van der Waals surface area contributed by atoms with Gasteiger partial charge in [0.15, 0.2) is 0 Å². The van der Waals surface area contributed by atoms with Gasteiger partial charge in [0.05, 0.1) is 22.1 Å². The summed E-state index contributed by atoms with van der Waals surface area (Å²) in [6.07, 6.45) is -4.92. The number of halogens is 5. The van der Waals surface area contributed by atoms with Crippen LogP contribution in [-0.2, 0) is 26.9 Å². The topological polar surface area (TPSA) is 73.2 Å². The molecule has 38 heavy (non-hydrogen) atoms. The van der Waals surface area contributed by atoms with Gasteiger partial charge in [-0.1, -0.05) is 57.2 Å². The summed E-state index contributed by atoms with van der Waals surface area (Å²) in [5.41, 5.74) is -1.11. The number of amides is 1. The van der Waals surface area contributed by atoms with E-state index in [0.717, 1.165) is 17.7 Å². The highest BCUT2D eigenvalue weighted by molar-refractivity contribution is 7.85. The summed E-state index contributed by atoms with van der Waals surface area (Å²) in [6.45, 7) is 5.94. The van der Waals surface area contributed by atoms with E-state index in [4.69, 9.17) is 0 Å². The molecule has 0 spiro atoms. The summed E-state index contributed by atoms with van der Waals surface area (Å²) in [5.74, 6) is -5.67. The van der Waals surface area contributed by atoms with Crippen molar-refractivity contribution in [3.63, 3.8) is 0 Å². The molecule has 2 aliphatic rings. The van der Waals surface area contributed by atoms with Crippen LogP contribution in [0.3, 0.4) is 0 Å². The molecular weight excluding hydrogens is 525 g/mol. The van der Waals surface area contributed by atoms with Gasteiger partial charge >= 0.3 is 12.1 Å². The lowest BCUT2D eigenvalue weighted by molar-refractivity contribution is -0.290. The first-order valence-corrected chi connectivity index (χ1v) is 13.4. The Morgan fingerprint density at radius 2 is 1.61 bits per heavy atom. The van der Waals surface area contributed by atoms with Crippen LogP contribution in [0.4, 0.5) is 27.6 Å². The van der Waals surface area contributed by atoms with E-state index in [0.29, 0.717) is 24.6 Å². The van der Waals surface area contributed by atoms with Crippen LogP contribution in [0.2, 0.25) is 0 Å². The second kappa shape index (κ2) is 9.63. The lowest BCUT2D eigenvalue weighted by Crippen LogP contribution is -2.48. The Hall–Kier alpha value is -3.00. The van der Waals surface area contributed by atoms with Crippen LogP contribution in [0.15, 0.2) is 53.4 Å². The number of hydrogen-bond donors (Lipinski definition) is 1. The van der Waals surface area contributed by atoms with Gasteiger partial charge < -0.3 is 10.2 Å². The molecule has 1 aliphatic carbocycles. The monoisotopic (exact) mass is 553 g/mol. The van der Waals surface area contributed by atoms with Gasteiger partial charge in [0, 0.05) is 22.7 Å². The minimum absolute atomic E-state index is 0.0106. The molecule has 2 aromatic rings. The quantitative estimate of drug-likeness (QED) is 0.475. The second-order valence-corrected chi connectivity index (χ2v) is 12.5. The van der Waals surface area contributed by atoms with Crippen LogP contribution in [0.1, 0.15) is 51.2 Å². The maximum atomic E-state index is 14.4. The molecule has 11 heteroatoms. The molecule has 0 radical (unpaired) electrons. The van der Waals surface area contributed by atoms with Crippen LogP contribution < -0.4 is 10.2 Å². The third kappa shape index (κ3) is 5.15. The minimum Gasteiger partial charge on any atom is -0.358 e. The first-order valence-electron chi connectivity index (χ1n) is 12.2. The van der Waals surface area contributed by atoms with Gasteiger partial charge in [-0.2, -0.15) is 27.2 Å². The fourth-order valence-electron chi connectivity index (χ4n) is 4.77. The Labute approximate surface area is 220 Å². The van der Waals surface area contributed by atoms with Crippen molar-refractivity contribution >= 4 is 22.4 Å². The highest BCUT2D eigenvalue weighted by Crippen LogP contribution is 2.47. The average molecular weight is 554 g/mol. The molecule has 0 bridgehead atoms. The molecule has 2 aromatic carbocycles. The molecular formula is C27H28F5N3O2S. The predicted molar refractivity (Wildman–Crippen MR) is 133 cm³/mol. The zero-order valence-corrected chi connectivity index (χ0v) is 21.9. The smallest absolute Gasteiger partial charge is 0.358 e. The van der Waals surface area contributed by atoms with Crippen LogP contribution in [0.25, 0.3) is 0 Å². The summed E-state index contributed by atoms with van der Waals surface area (Å²) in [6, 6.07) is 12.5. The van der Waals surface area contributed by atoms with E-state index >= 15 is 0 Å². The maximum Gasteiger partial charge on any atom is 0.458 e. The first-order chi connectivity index (χ1) is 17.6. The SMILES string of the molecule is CC(C)(C)c1ccccc1N1CC(S(=O)c2ccccc2C(F)(F)C(F)(F)F)CC1C(=O)NC1(C#N)CC1. The largest absolute Gasteiger partial charge is 0.458 e. The van der Waals surface area contributed by atoms with Crippen molar-refractivity contribution in [1.29, 1.82) is 5.26 Å². The van der Waals surface area contributed by atoms with E-state index < -0.39 is 56.1 Å². The molecule has 5 nitrogen and oxygen atoms in total. The van der Waals surface area contributed by atoms with E-state index in [-0.39, 0.29) is 18.4 Å². The van der Waals surface area contributed by atoms with Crippen LogP contribution in [-0.4, -0.2) is 39.7 Å². The molecule has 4 rings (SSSR count). The van der Waals surface area contributed by atoms with E-state index in [1.807, 2.05) is 32.9 Å². The maximum absolute atomic E-state index is 14.4. The van der Waals surface area contributed by atoms with Gasteiger partial charge in [0.25, 0.3) is 0 Å². The van der Waals surface area contributed by atoms with Crippen LogP contribution in [0.5, 0.6) is 0 Å². The van der Waals surface area contributed by atoms with E-state index in [1.54, 1.807) is 17.0 Å². The zero-order chi connectivity index (χ0) is 28.1. The van der Waals surface area contributed by atoms with Gasteiger partial charge in [-0.15, -0.1) is 0 Å². The standard InChI is InChI=1S/C27H28F5N3O2S/c1-24(2,3)18-8-4-6-10-20(18)35-15-17(14-21(35)23(36)34-25(16-33)12-13-25)38(37)22-11-7-5-9-19(22)26(28,29)27(30,31)32/h4-11,17,21H,12-15H2,1-3H3,(H,34,36). The highest BCUT2D eigenvalue weighted by Gasteiger charge is 2.60. The van der Waals surface area contributed by atoms with Gasteiger partial charge in [-0.3, -0.25) is 9.00 Å². The average Bonchev–Trinajstić information content (AvgIpc) is 3.48. The minimum atomic E-state index is -5.86. The van der Waals surface area contributed by atoms with Crippen molar-refractivity contribution in [3.05, 3.63) is 59.7 Å². The number of carbonyl (C=O) groups excluding carboxylic acids is 1. The lowest BCUT2D eigenvalue weighted by Gasteiger charge is -2.32. The number of nitrogens with one attached hydrogen (secondary N) is 1. The summed E-state index contributed by atoms with van der Waals surface area (Å²) < 4.78 is 82.0. The Bertz CT molecular complexity index is 1290.